The van der Waals surface area contributed by atoms with Crippen molar-refractivity contribution in [2.45, 2.75) is 55.8 Å². The molecule has 0 saturated heterocycles. The van der Waals surface area contributed by atoms with Crippen molar-refractivity contribution in [3.05, 3.63) is 12.2 Å². The molecule has 7 nitrogen and oxygen atoms in total. The van der Waals surface area contributed by atoms with E-state index in [0.717, 1.165) is 37.5 Å². The topological polar surface area (TPSA) is 99.1 Å². The lowest BCUT2D eigenvalue weighted by Crippen LogP contribution is -2.49. The van der Waals surface area contributed by atoms with Crippen LogP contribution in [-0.2, 0) is 29.1 Å². The van der Waals surface area contributed by atoms with E-state index in [1.165, 1.54) is 6.42 Å². The predicted octanol–water partition coefficient (Wildman–Crippen LogP) is 3.41. The van der Waals surface area contributed by atoms with E-state index >= 15 is 0 Å². The van der Waals surface area contributed by atoms with E-state index in [1.807, 2.05) is 0 Å². The van der Waals surface area contributed by atoms with Gasteiger partial charge in [-0.3, -0.25) is 4.55 Å². The minimum absolute atomic E-state index is 0.0526. The summed E-state index contributed by atoms with van der Waals surface area (Å²) in [4.78, 5) is 11.9. The van der Waals surface area contributed by atoms with Gasteiger partial charge in [0.2, 0.25) is 0 Å². The van der Waals surface area contributed by atoms with Crippen LogP contribution in [0.5, 0.6) is 0 Å². The Bertz CT molecular complexity index is 771. The molecule has 0 aliphatic heterocycles. The van der Waals surface area contributed by atoms with Crippen molar-refractivity contribution >= 4 is 16.1 Å². The lowest BCUT2D eigenvalue weighted by Gasteiger charge is -2.53. The van der Waals surface area contributed by atoms with Crippen LogP contribution < -0.4 is 0 Å². The quantitative estimate of drug-likeness (QED) is 0.122. The summed E-state index contributed by atoms with van der Waals surface area (Å²) in [7, 11) is -6.30. The second-order valence-electron chi connectivity index (χ2n) is 8.71. The van der Waals surface area contributed by atoms with Crippen LogP contribution in [0.2, 0.25) is 0 Å². The molecule has 4 aliphatic rings. The van der Waals surface area contributed by atoms with Gasteiger partial charge in [0.25, 0.3) is 0 Å². The van der Waals surface area contributed by atoms with Gasteiger partial charge in [0, 0.05) is 6.42 Å². The molecule has 0 amide bonds. The smallest absolute Gasteiger partial charge is 0.431 e. The third-order valence-electron chi connectivity index (χ3n) is 6.47. The third-order valence-corrected chi connectivity index (χ3v) is 7.41. The summed E-state index contributed by atoms with van der Waals surface area (Å²) >= 11 is 0. The molecule has 0 heterocycles. The zero-order valence-electron chi connectivity index (χ0n) is 16.8. The Morgan fingerprint density at radius 1 is 1.03 bits per heavy atom. The third kappa shape index (κ3) is 5.23. The number of esters is 1. The molecular weight excluding hydrogens is 448 g/mol. The molecule has 178 valence electrons. The average molecular weight is 474 g/mol. The van der Waals surface area contributed by atoms with Gasteiger partial charge in [-0.05, 0) is 55.8 Å². The fraction of sp³-hybridized carbons (Fsp3) is 0.842. The SMILES string of the molecule is C=C(COCCC(F)(F)C(F)(F)S(=O)(=O)O)C(=O)OCOC1C2CC3CC(C2)CC1C3. The maximum Gasteiger partial charge on any atom is 0.431 e. The van der Waals surface area contributed by atoms with E-state index in [2.05, 4.69) is 6.58 Å². The Hall–Kier alpha value is -1.24. The number of hydrogen-bond donors (Lipinski definition) is 1. The predicted molar refractivity (Wildman–Crippen MR) is 98.9 cm³/mol. The largest absolute Gasteiger partial charge is 0.435 e. The summed E-state index contributed by atoms with van der Waals surface area (Å²) < 4.78 is 97.4. The summed E-state index contributed by atoms with van der Waals surface area (Å²) in [5.74, 6) is -3.44. The number of carbonyl (C=O) groups is 1. The molecule has 0 atom stereocenters. The van der Waals surface area contributed by atoms with Crippen molar-refractivity contribution in [3.63, 3.8) is 0 Å². The minimum atomic E-state index is -6.30. The first-order valence-electron chi connectivity index (χ1n) is 10.1. The van der Waals surface area contributed by atoms with E-state index in [1.54, 1.807) is 0 Å². The van der Waals surface area contributed by atoms with Gasteiger partial charge in [-0.15, -0.1) is 0 Å². The summed E-state index contributed by atoms with van der Waals surface area (Å²) in [6, 6.07) is 0. The highest BCUT2D eigenvalue weighted by Gasteiger charge is 2.65. The monoisotopic (exact) mass is 474 g/mol. The van der Waals surface area contributed by atoms with E-state index < -0.39 is 46.9 Å². The van der Waals surface area contributed by atoms with Gasteiger partial charge < -0.3 is 14.2 Å². The van der Waals surface area contributed by atoms with Crippen LogP contribution in [0, 0.1) is 23.7 Å². The van der Waals surface area contributed by atoms with Crippen molar-refractivity contribution in [1.82, 2.24) is 0 Å². The first kappa shape index (κ1) is 24.4. The Morgan fingerprint density at radius 2 is 1.58 bits per heavy atom. The number of rotatable bonds is 11. The highest BCUT2D eigenvalue weighted by molar-refractivity contribution is 7.87. The molecule has 0 radical (unpaired) electrons. The molecule has 0 aromatic carbocycles. The molecule has 0 aromatic rings. The second kappa shape index (κ2) is 8.95. The van der Waals surface area contributed by atoms with Crippen molar-refractivity contribution < 1.29 is 49.5 Å². The molecule has 12 heteroatoms. The highest BCUT2D eigenvalue weighted by atomic mass is 32.2. The standard InChI is InChI=1S/C19H26F4O7S/c1-11(9-28-3-2-18(20,21)19(22,23)31(25,26)27)17(24)30-10-29-16-14-5-12-4-13(7-14)8-15(16)6-12/h12-16H,1-10H2,(H,25,26,27). The summed E-state index contributed by atoms with van der Waals surface area (Å²) in [5.41, 5.74) is -0.237. The number of hydrogen-bond acceptors (Lipinski definition) is 6. The molecule has 4 bridgehead atoms. The Morgan fingerprint density at radius 3 is 2.10 bits per heavy atom. The van der Waals surface area contributed by atoms with Crippen LogP contribution in [0.3, 0.4) is 0 Å². The number of ether oxygens (including phenoxy) is 3. The number of halogens is 4. The van der Waals surface area contributed by atoms with Crippen molar-refractivity contribution in [2.75, 3.05) is 20.0 Å². The van der Waals surface area contributed by atoms with Gasteiger partial charge in [0.05, 0.1) is 24.9 Å². The number of carbonyl (C=O) groups excluding carboxylic acids is 1. The molecule has 1 N–H and O–H groups in total. The molecule has 4 fully saturated rings. The highest BCUT2D eigenvalue weighted by Crippen LogP contribution is 2.54. The van der Waals surface area contributed by atoms with Gasteiger partial charge in [0.1, 0.15) is 0 Å². The summed E-state index contributed by atoms with van der Waals surface area (Å²) in [5, 5.41) is -5.66. The Labute approximate surface area is 177 Å². The first-order valence-corrected chi connectivity index (χ1v) is 11.5. The molecule has 4 saturated carbocycles. The fourth-order valence-corrected chi connectivity index (χ4v) is 5.68. The van der Waals surface area contributed by atoms with Gasteiger partial charge >= 0.3 is 27.3 Å². The van der Waals surface area contributed by atoms with Crippen LogP contribution >= 0.6 is 0 Å². The van der Waals surface area contributed by atoms with E-state index in [4.69, 9.17) is 18.8 Å². The van der Waals surface area contributed by atoms with Crippen LogP contribution in [0.15, 0.2) is 12.2 Å². The minimum Gasteiger partial charge on any atom is -0.435 e. The van der Waals surface area contributed by atoms with Gasteiger partial charge in [-0.1, -0.05) is 6.58 Å². The average Bonchev–Trinajstić information content (AvgIpc) is 2.65. The van der Waals surface area contributed by atoms with Crippen molar-refractivity contribution in [2.24, 2.45) is 23.7 Å². The molecule has 0 aromatic heterocycles. The normalized spacial score (nSPS) is 30.4. The van der Waals surface area contributed by atoms with Crippen molar-refractivity contribution in [3.8, 4) is 0 Å². The molecule has 0 unspecified atom stereocenters. The molecule has 31 heavy (non-hydrogen) atoms. The summed E-state index contributed by atoms with van der Waals surface area (Å²) in [6.45, 7) is 1.53. The van der Waals surface area contributed by atoms with Crippen LogP contribution in [-0.4, -0.2) is 56.2 Å². The van der Waals surface area contributed by atoms with Crippen molar-refractivity contribution in [1.29, 1.82) is 0 Å². The van der Waals surface area contributed by atoms with Gasteiger partial charge in [0.15, 0.2) is 6.79 Å². The zero-order chi connectivity index (χ0) is 23.0. The molecule has 4 aliphatic carbocycles. The lowest BCUT2D eigenvalue weighted by molar-refractivity contribution is -0.184. The van der Waals surface area contributed by atoms with Crippen LogP contribution in [0.4, 0.5) is 17.6 Å². The van der Waals surface area contributed by atoms with E-state index in [9.17, 15) is 30.8 Å². The number of alkyl halides is 4. The zero-order valence-corrected chi connectivity index (χ0v) is 17.6. The maximum atomic E-state index is 13.3. The second-order valence-corrected chi connectivity index (χ2v) is 10.2. The summed E-state index contributed by atoms with van der Waals surface area (Å²) in [6.07, 6.45) is 4.18. The van der Waals surface area contributed by atoms with Crippen LogP contribution in [0.25, 0.3) is 0 Å². The van der Waals surface area contributed by atoms with Gasteiger partial charge in [-0.25, -0.2) is 4.79 Å². The molecular formula is C19H26F4O7S. The first-order chi connectivity index (χ1) is 14.3. The molecule has 0 spiro atoms. The fourth-order valence-electron chi connectivity index (χ4n) is 5.20. The Balaban J connectivity index is 1.34. The van der Waals surface area contributed by atoms with E-state index in [-0.39, 0.29) is 18.5 Å². The van der Waals surface area contributed by atoms with Crippen LogP contribution in [0.1, 0.15) is 38.5 Å². The maximum absolute atomic E-state index is 13.3. The Kier molecular flexibility index (Phi) is 7.05. The van der Waals surface area contributed by atoms with E-state index in [0.29, 0.717) is 11.8 Å². The lowest BCUT2D eigenvalue weighted by atomic mass is 9.55. The van der Waals surface area contributed by atoms with Gasteiger partial charge in [-0.2, -0.15) is 26.0 Å². The molecule has 4 rings (SSSR count).